The van der Waals surface area contributed by atoms with E-state index >= 15 is 0 Å². The van der Waals surface area contributed by atoms with Crippen LogP contribution in [0.4, 0.5) is 5.69 Å². The van der Waals surface area contributed by atoms with Crippen molar-refractivity contribution in [3.05, 3.63) is 30.1 Å². The molecule has 0 amide bonds. The number of H-pyrrole nitrogens is 1. The van der Waals surface area contributed by atoms with Gasteiger partial charge in [0.15, 0.2) is 5.82 Å². The number of carboxylic acids is 1. The Morgan fingerprint density at radius 2 is 2.30 bits per heavy atom. The number of aliphatic carboxylic acids is 1. The molecule has 1 aromatic carbocycles. The zero-order valence-corrected chi connectivity index (χ0v) is 11.6. The summed E-state index contributed by atoms with van der Waals surface area (Å²) in [7, 11) is 0. The second kappa shape index (κ2) is 6.18. The number of aromatic nitrogens is 3. The molecule has 3 N–H and O–H groups in total. The fourth-order valence-electron chi connectivity index (χ4n) is 1.92. The summed E-state index contributed by atoms with van der Waals surface area (Å²) in [5.41, 5.74) is 1.85. The number of carbonyl (C=O) groups is 1. The molecule has 0 spiro atoms. The van der Waals surface area contributed by atoms with Gasteiger partial charge in [-0.05, 0) is 32.4 Å². The minimum absolute atomic E-state index is 0.0928. The number of nitrogens with zero attached hydrogens (tertiary/aromatic N) is 2. The van der Waals surface area contributed by atoms with Crippen LogP contribution < -0.4 is 5.32 Å². The fourth-order valence-corrected chi connectivity index (χ4v) is 1.92. The number of nitrogens with one attached hydrogen (secondary N) is 2. The summed E-state index contributed by atoms with van der Waals surface area (Å²) in [6, 6.07) is 7.86. The Kier molecular flexibility index (Phi) is 4.34. The van der Waals surface area contributed by atoms with Crippen LogP contribution in [-0.2, 0) is 4.79 Å². The van der Waals surface area contributed by atoms with Crippen LogP contribution >= 0.6 is 0 Å². The average molecular weight is 274 g/mol. The van der Waals surface area contributed by atoms with Gasteiger partial charge in [-0.1, -0.05) is 12.1 Å². The zero-order chi connectivity index (χ0) is 14.5. The van der Waals surface area contributed by atoms with Gasteiger partial charge in [0.05, 0.1) is 0 Å². The van der Waals surface area contributed by atoms with E-state index in [1.807, 2.05) is 38.1 Å². The molecule has 2 aromatic rings. The Bertz CT molecular complexity index is 594. The minimum Gasteiger partial charge on any atom is -0.481 e. The standard InChI is InChI=1S/C14H18N4O2/c1-9(6-7-13(19)20)15-12-5-3-4-11(8-12)14-16-10(2)17-18-14/h3-5,8-9,15H,6-7H2,1-2H3,(H,19,20)(H,16,17,18). The Labute approximate surface area is 117 Å². The first-order valence-electron chi connectivity index (χ1n) is 6.52. The van der Waals surface area contributed by atoms with Crippen molar-refractivity contribution in [1.82, 2.24) is 15.2 Å². The molecule has 0 aliphatic heterocycles. The van der Waals surface area contributed by atoms with Crippen molar-refractivity contribution in [2.75, 3.05) is 5.32 Å². The molecule has 1 aromatic heterocycles. The quantitative estimate of drug-likeness (QED) is 0.752. The van der Waals surface area contributed by atoms with E-state index in [9.17, 15) is 4.79 Å². The molecule has 1 atom stereocenters. The molecule has 6 nitrogen and oxygen atoms in total. The van der Waals surface area contributed by atoms with Crippen molar-refractivity contribution in [3.8, 4) is 11.4 Å². The van der Waals surface area contributed by atoms with E-state index in [1.165, 1.54) is 0 Å². The Hall–Kier alpha value is -2.37. The predicted molar refractivity (Wildman–Crippen MR) is 76.5 cm³/mol. The molecule has 0 aliphatic carbocycles. The van der Waals surface area contributed by atoms with Crippen LogP contribution in [0.5, 0.6) is 0 Å². The van der Waals surface area contributed by atoms with Gasteiger partial charge in [0, 0.05) is 23.7 Å². The lowest BCUT2D eigenvalue weighted by Gasteiger charge is -2.14. The number of anilines is 1. The molecule has 0 saturated heterocycles. The summed E-state index contributed by atoms with van der Waals surface area (Å²) in [6.45, 7) is 3.82. The zero-order valence-electron chi connectivity index (χ0n) is 11.6. The van der Waals surface area contributed by atoms with E-state index in [1.54, 1.807) is 0 Å². The van der Waals surface area contributed by atoms with E-state index in [-0.39, 0.29) is 12.5 Å². The highest BCUT2D eigenvalue weighted by Crippen LogP contribution is 2.20. The largest absolute Gasteiger partial charge is 0.481 e. The summed E-state index contributed by atoms with van der Waals surface area (Å²) in [4.78, 5) is 14.8. The third-order valence-corrected chi connectivity index (χ3v) is 2.92. The molecular formula is C14H18N4O2. The van der Waals surface area contributed by atoms with Crippen LogP contribution in [0.25, 0.3) is 11.4 Å². The van der Waals surface area contributed by atoms with E-state index in [2.05, 4.69) is 20.5 Å². The molecule has 0 bridgehead atoms. The lowest BCUT2D eigenvalue weighted by atomic mass is 10.1. The molecule has 20 heavy (non-hydrogen) atoms. The molecule has 0 fully saturated rings. The maximum Gasteiger partial charge on any atom is 0.303 e. The first-order valence-corrected chi connectivity index (χ1v) is 6.52. The highest BCUT2D eigenvalue weighted by atomic mass is 16.4. The van der Waals surface area contributed by atoms with Gasteiger partial charge < -0.3 is 10.4 Å². The van der Waals surface area contributed by atoms with Crippen LogP contribution in [0.15, 0.2) is 24.3 Å². The molecule has 106 valence electrons. The fraction of sp³-hybridized carbons (Fsp3) is 0.357. The lowest BCUT2D eigenvalue weighted by molar-refractivity contribution is -0.137. The van der Waals surface area contributed by atoms with Gasteiger partial charge in [0.25, 0.3) is 0 Å². The maximum absolute atomic E-state index is 10.5. The lowest BCUT2D eigenvalue weighted by Crippen LogP contribution is -2.16. The monoisotopic (exact) mass is 274 g/mol. The molecule has 0 radical (unpaired) electrons. The number of carboxylic acid groups (broad SMARTS) is 1. The van der Waals surface area contributed by atoms with Gasteiger partial charge in [-0.25, -0.2) is 4.98 Å². The van der Waals surface area contributed by atoms with Gasteiger partial charge in [0.2, 0.25) is 0 Å². The van der Waals surface area contributed by atoms with Crippen molar-refractivity contribution in [3.63, 3.8) is 0 Å². The van der Waals surface area contributed by atoms with Crippen LogP contribution in [-0.4, -0.2) is 32.3 Å². The predicted octanol–water partition coefficient (Wildman–Crippen LogP) is 2.45. The summed E-state index contributed by atoms with van der Waals surface area (Å²) >= 11 is 0. The number of aryl methyl sites for hydroxylation is 1. The van der Waals surface area contributed by atoms with Crippen LogP contribution in [0, 0.1) is 6.92 Å². The number of aromatic amines is 1. The van der Waals surface area contributed by atoms with Crippen molar-refractivity contribution in [1.29, 1.82) is 0 Å². The van der Waals surface area contributed by atoms with Crippen molar-refractivity contribution in [2.24, 2.45) is 0 Å². The summed E-state index contributed by atoms with van der Waals surface area (Å²) in [6.07, 6.45) is 0.743. The Balaban J connectivity index is 2.04. The maximum atomic E-state index is 10.5. The molecule has 1 heterocycles. The number of benzene rings is 1. The highest BCUT2D eigenvalue weighted by Gasteiger charge is 2.08. The summed E-state index contributed by atoms with van der Waals surface area (Å²) < 4.78 is 0. The van der Waals surface area contributed by atoms with Gasteiger partial charge in [-0.3, -0.25) is 9.89 Å². The minimum atomic E-state index is -0.774. The molecule has 0 saturated carbocycles. The van der Waals surface area contributed by atoms with E-state index < -0.39 is 5.97 Å². The topological polar surface area (TPSA) is 90.9 Å². The molecule has 6 heteroatoms. The number of hydrogen-bond acceptors (Lipinski definition) is 4. The summed E-state index contributed by atoms with van der Waals surface area (Å²) in [5, 5.41) is 18.9. The second-order valence-corrected chi connectivity index (χ2v) is 4.80. The van der Waals surface area contributed by atoms with Crippen LogP contribution in [0.2, 0.25) is 0 Å². The van der Waals surface area contributed by atoms with E-state index in [0.29, 0.717) is 12.2 Å². The van der Waals surface area contributed by atoms with Crippen molar-refractivity contribution >= 4 is 11.7 Å². The smallest absolute Gasteiger partial charge is 0.303 e. The van der Waals surface area contributed by atoms with Crippen molar-refractivity contribution in [2.45, 2.75) is 32.7 Å². The van der Waals surface area contributed by atoms with Gasteiger partial charge >= 0.3 is 5.97 Å². The number of rotatable bonds is 6. The molecule has 0 aliphatic rings. The number of hydrogen-bond donors (Lipinski definition) is 3. The van der Waals surface area contributed by atoms with Gasteiger partial charge in [-0.15, -0.1) is 0 Å². The molecule has 1 unspecified atom stereocenters. The third kappa shape index (κ3) is 3.81. The summed E-state index contributed by atoms with van der Waals surface area (Å²) in [5.74, 6) is 0.654. The Morgan fingerprint density at radius 1 is 1.50 bits per heavy atom. The third-order valence-electron chi connectivity index (χ3n) is 2.92. The Morgan fingerprint density at radius 3 is 2.95 bits per heavy atom. The molecular weight excluding hydrogens is 256 g/mol. The SMILES string of the molecule is Cc1nc(-c2cccc(NC(C)CCC(=O)O)c2)n[nH]1. The van der Waals surface area contributed by atoms with Crippen molar-refractivity contribution < 1.29 is 9.90 Å². The first kappa shape index (κ1) is 14.0. The van der Waals surface area contributed by atoms with E-state index in [0.717, 1.165) is 17.1 Å². The highest BCUT2D eigenvalue weighted by molar-refractivity contribution is 5.67. The molecule has 2 rings (SSSR count). The second-order valence-electron chi connectivity index (χ2n) is 4.80. The van der Waals surface area contributed by atoms with Gasteiger partial charge in [0.1, 0.15) is 5.82 Å². The first-order chi connectivity index (χ1) is 9.54. The van der Waals surface area contributed by atoms with Crippen LogP contribution in [0.1, 0.15) is 25.6 Å². The van der Waals surface area contributed by atoms with Gasteiger partial charge in [-0.2, -0.15) is 5.10 Å². The normalized spacial score (nSPS) is 12.1. The van der Waals surface area contributed by atoms with E-state index in [4.69, 9.17) is 5.11 Å². The average Bonchev–Trinajstić information content (AvgIpc) is 2.83. The van der Waals surface area contributed by atoms with Crippen LogP contribution in [0.3, 0.4) is 0 Å².